The van der Waals surface area contributed by atoms with E-state index in [1.165, 1.54) is 24.6 Å². The number of hydrogen-bond acceptors (Lipinski definition) is 4. The molecule has 0 bridgehead atoms. The van der Waals surface area contributed by atoms with Gasteiger partial charge in [0.1, 0.15) is 5.82 Å². The lowest BCUT2D eigenvalue weighted by atomic mass is 10.2. The molecule has 0 spiro atoms. The summed E-state index contributed by atoms with van der Waals surface area (Å²) in [7, 11) is 0. The van der Waals surface area contributed by atoms with Crippen molar-refractivity contribution in [3.8, 4) is 0 Å². The molecule has 1 heterocycles. The van der Waals surface area contributed by atoms with Gasteiger partial charge in [0.2, 0.25) is 0 Å². The van der Waals surface area contributed by atoms with Crippen LogP contribution in [0.3, 0.4) is 0 Å². The van der Waals surface area contributed by atoms with Crippen LogP contribution in [-0.4, -0.2) is 31.6 Å². The van der Waals surface area contributed by atoms with Crippen molar-refractivity contribution in [1.82, 2.24) is 14.8 Å². The number of aryl methyl sites for hydroxylation is 1. The fraction of sp³-hybridized carbons (Fsp3) is 0.750. The molecular weight excluding hydrogens is 250 g/mol. The van der Waals surface area contributed by atoms with E-state index in [0.29, 0.717) is 12.0 Å². The van der Waals surface area contributed by atoms with Crippen LogP contribution in [-0.2, 0) is 11.2 Å². The Bertz CT molecular complexity index is 429. The van der Waals surface area contributed by atoms with E-state index >= 15 is 0 Å². The van der Waals surface area contributed by atoms with Gasteiger partial charge >= 0.3 is 5.97 Å². The van der Waals surface area contributed by atoms with Crippen LogP contribution in [0.5, 0.6) is 0 Å². The Balaban J connectivity index is 2.18. The van der Waals surface area contributed by atoms with Gasteiger partial charge in [-0.25, -0.2) is 0 Å². The van der Waals surface area contributed by atoms with Crippen molar-refractivity contribution in [2.45, 2.75) is 50.7 Å². The van der Waals surface area contributed by atoms with E-state index in [1.807, 2.05) is 0 Å². The van der Waals surface area contributed by atoms with Crippen molar-refractivity contribution in [3.63, 3.8) is 0 Å². The molecule has 2 rings (SSSR count). The van der Waals surface area contributed by atoms with E-state index < -0.39 is 5.97 Å². The molecule has 1 aliphatic carbocycles. The zero-order chi connectivity index (χ0) is 13.1. The molecule has 100 valence electrons. The van der Waals surface area contributed by atoms with Crippen LogP contribution < -0.4 is 0 Å². The summed E-state index contributed by atoms with van der Waals surface area (Å²) in [5, 5.41) is 17.9. The summed E-state index contributed by atoms with van der Waals surface area (Å²) >= 11 is 1.27. The predicted octanol–water partition coefficient (Wildman–Crippen LogP) is 2.38. The first-order chi connectivity index (χ1) is 8.63. The van der Waals surface area contributed by atoms with Gasteiger partial charge in [-0.3, -0.25) is 4.79 Å². The van der Waals surface area contributed by atoms with Gasteiger partial charge in [-0.05, 0) is 32.1 Å². The average molecular weight is 269 g/mol. The molecule has 0 saturated heterocycles. The van der Waals surface area contributed by atoms with Crippen molar-refractivity contribution >= 4 is 17.7 Å². The lowest BCUT2D eigenvalue weighted by Gasteiger charge is -2.16. The van der Waals surface area contributed by atoms with E-state index in [4.69, 9.17) is 5.11 Å². The van der Waals surface area contributed by atoms with Gasteiger partial charge in [0.25, 0.3) is 0 Å². The van der Waals surface area contributed by atoms with Crippen LogP contribution >= 0.6 is 11.8 Å². The second-order valence-electron chi connectivity index (χ2n) is 4.78. The molecule has 18 heavy (non-hydrogen) atoms. The Hall–Kier alpha value is -1.04. The second-order valence-corrected chi connectivity index (χ2v) is 5.72. The number of nitrogens with zero attached hydrogens (tertiary/aromatic N) is 3. The maximum Gasteiger partial charge on any atom is 0.313 e. The number of carboxylic acid groups (broad SMARTS) is 1. The molecule has 0 aromatic carbocycles. The maximum absolute atomic E-state index is 10.7. The third-order valence-electron chi connectivity index (χ3n) is 3.24. The first-order valence-corrected chi connectivity index (χ1v) is 7.40. The highest BCUT2D eigenvalue weighted by molar-refractivity contribution is 7.99. The molecule has 1 saturated carbocycles. The first kappa shape index (κ1) is 13.4. The molecule has 0 aliphatic heterocycles. The van der Waals surface area contributed by atoms with Crippen LogP contribution in [0.15, 0.2) is 5.16 Å². The number of hydrogen-bond donors (Lipinski definition) is 1. The zero-order valence-electron chi connectivity index (χ0n) is 10.8. The van der Waals surface area contributed by atoms with Crippen molar-refractivity contribution < 1.29 is 9.90 Å². The molecule has 5 nitrogen and oxygen atoms in total. The lowest BCUT2D eigenvalue weighted by Crippen LogP contribution is -2.13. The monoisotopic (exact) mass is 269 g/mol. The molecule has 1 atom stereocenters. The van der Waals surface area contributed by atoms with Crippen molar-refractivity contribution in [2.24, 2.45) is 5.92 Å². The van der Waals surface area contributed by atoms with E-state index in [9.17, 15) is 4.79 Å². The topological polar surface area (TPSA) is 68.0 Å². The molecule has 1 unspecified atom stereocenters. The van der Waals surface area contributed by atoms with E-state index in [1.54, 1.807) is 0 Å². The number of thioether (sulfide) groups is 1. The molecule has 1 aromatic heterocycles. The highest BCUT2D eigenvalue weighted by atomic mass is 32.2. The van der Waals surface area contributed by atoms with Gasteiger partial charge in [0.15, 0.2) is 5.16 Å². The molecule has 0 radical (unpaired) electrons. The highest BCUT2D eigenvalue weighted by Gasteiger charge is 2.32. The number of carboxylic acids is 1. The number of aliphatic carboxylic acids is 1. The van der Waals surface area contributed by atoms with E-state index in [2.05, 4.69) is 28.6 Å². The average Bonchev–Trinajstić information content (AvgIpc) is 3.09. The molecule has 1 aromatic rings. The highest BCUT2D eigenvalue weighted by Crippen LogP contribution is 2.41. The summed E-state index contributed by atoms with van der Waals surface area (Å²) < 4.78 is 2.15. The lowest BCUT2D eigenvalue weighted by molar-refractivity contribution is -0.133. The molecule has 1 N–H and O–H groups in total. The normalized spacial score (nSPS) is 16.8. The number of aromatic nitrogens is 3. The van der Waals surface area contributed by atoms with E-state index in [-0.39, 0.29) is 5.75 Å². The third kappa shape index (κ3) is 3.04. The molecule has 0 amide bonds. The number of rotatable bonds is 7. The van der Waals surface area contributed by atoms with Crippen molar-refractivity contribution in [1.29, 1.82) is 0 Å². The summed E-state index contributed by atoms with van der Waals surface area (Å²) in [5.41, 5.74) is 0. The maximum atomic E-state index is 10.7. The summed E-state index contributed by atoms with van der Waals surface area (Å²) in [6.45, 7) is 4.30. The van der Waals surface area contributed by atoms with Crippen LogP contribution in [0.2, 0.25) is 0 Å². The minimum absolute atomic E-state index is 0.0433. The Morgan fingerprint density at radius 2 is 2.28 bits per heavy atom. The van der Waals surface area contributed by atoms with Crippen LogP contribution in [0.4, 0.5) is 0 Å². The summed E-state index contributed by atoms with van der Waals surface area (Å²) in [6.07, 6.45) is 4.44. The quantitative estimate of drug-likeness (QED) is 0.770. The van der Waals surface area contributed by atoms with Crippen molar-refractivity contribution in [2.75, 3.05) is 5.75 Å². The Morgan fingerprint density at radius 1 is 1.56 bits per heavy atom. The fourth-order valence-electron chi connectivity index (χ4n) is 2.12. The molecule has 1 aliphatic rings. The SMILES string of the molecule is CCCc1nnc(SCC(=O)O)n1C(C)C1CC1. The summed E-state index contributed by atoms with van der Waals surface area (Å²) in [4.78, 5) is 10.7. The van der Waals surface area contributed by atoms with Gasteiger partial charge in [0, 0.05) is 12.5 Å². The summed E-state index contributed by atoms with van der Waals surface area (Å²) in [5.74, 6) is 0.929. The Labute approximate surface area is 111 Å². The Kier molecular flexibility index (Phi) is 4.27. The largest absolute Gasteiger partial charge is 0.481 e. The van der Waals surface area contributed by atoms with E-state index in [0.717, 1.165) is 23.8 Å². The van der Waals surface area contributed by atoms with Crippen LogP contribution in [0, 0.1) is 5.92 Å². The Morgan fingerprint density at radius 3 is 2.83 bits per heavy atom. The minimum atomic E-state index is -0.814. The third-order valence-corrected chi connectivity index (χ3v) is 4.17. The smallest absolute Gasteiger partial charge is 0.313 e. The molecule has 6 heteroatoms. The van der Waals surface area contributed by atoms with Gasteiger partial charge in [0.05, 0.1) is 5.75 Å². The summed E-state index contributed by atoms with van der Waals surface area (Å²) in [6, 6.07) is 0.387. The van der Waals surface area contributed by atoms with Gasteiger partial charge in [-0.2, -0.15) is 0 Å². The molecular formula is C12H19N3O2S. The van der Waals surface area contributed by atoms with Crippen molar-refractivity contribution in [3.05, 3.63) is 5.82 Å². The van der Waals surface area contributed by atoms with Gasteiger partial charge in [-0.1, -0.05) is 18.7 Å². The first-order valence-electron chi connectivity index (χ1n) is 6.41. The zero-order valence-corrected chi connectivity index (χ0v) is 11.6. The second kappa shape index (κ2) is 5.73. The van der Waals surface area contributed by atoms with Crippen LogP contribution in [0.25, 0.3) is 0 Å². The standard InChI is InChI=1S/C12H19N3O2S/c1-3-4-10-13-14-12(18-7-11(16)17)15(10)8(2)9-5-6-9/h8-9H,3-7H2,1-2H3,(H,16,17). The van der Waals surface area contributed by atoms with Gasteiger partial charge in [-0.15, -0.1) is 10.2 Å². The van der Waals surface area contributed by atoms with Crippen LogP contribution in [0.1, 0.15) is 45.0 Å². The minimum Gasteiger partial charge on any atom is -0.481 e. The van der Waals surface area contributed by atoms with Gasteiger partial charge < -0.3 is 9.67 Å². The number of carbonyl (C=O) groups is 1. The molecule has 1 fully saturated rings. The predicted molar refractivity (Wildman–Crippen MR) is 69.8 cm³/mol. The fourth-order valence-corrected chi connectivity index (χ4v) is 2.89.